The first kappa shape index (κ1) is 16.0. The molecule has 122 valence electrons. The van der Waals surface area contributed by atoms with Gasteiger partial charge in [-0.1, -0.05) is 60.7 Å². The molecule has 4 heteroatoms. The standard InChI is InChI=1S/C20H21N3O/c1-15(2)23(14-16-9-5-3-6-10-16)20(24)19-13-18(21-22-19)17-11-7-4-8-12-17/h3-13,15H,14H2,1-2H3,(H,21,22). The SMILES string of the molecule is CC(C)N(Cc1ccccc1)C(=O)c1cc(-c2ccccc2)n[nH]1. The molecule has 0 aliphatic heterocycles. The average molecular weight is 319 g/mol. The first-order valence-electron chi connectivity index (χ1n) is 8.11. The van der Waals surface area contributed by atoms with Crippen LogP contribution in [-0.4, -0.2) is 27.0 Å². The molecule has 0 bridgehead atoms. The maximum Gasteiger partial charge on any atom is 0.272 e. The number of carbonyl (C=O) groups excluding carboxylic acids is 1. The summed E-state index contributed by atoms with van der Waals surface area (Å²) < 4.78 is 0. The van der Waals surface area contributed by atoms with E-state index in [-0.39, 0.29) is 11.9 Å². The van der Waals surface area contributed by atoms with E-state index >= 15 is 0 Å². The van der Waals surface area contributed by atoms with Gasteiger partial charge < -0.3 is 4.90 Å². The van der Waals surface area contributed by atoms with E-state index in [2.05, 4.69) is 10.2 Å². The van der Waals surface area contributed by atoms with Crippen molar-refractivity contribution in [2.24, 2.45) is 0 Å². The molecule has 4 nitrogen and oxygen atoms in total. The van der Waals surface area contributed by atoms with Crippen molar-refractivity contribution in [3.63, 3.8) is 0 Å². The van der Waals surface area contributed by atoms with E-state index in [0.717, 1.165) is 16.8 Å². The first-order chi connectivity index (χ1) is 11.6. The molecular weight excluding hydrogens is 298 g/mol. The number of aromatic nitrogens is 2. The number of nitrogens with one attached hydrogen (secondary N) is 1. The van der Waals surface area contributed by atoms with Gasteiger partial charge in [0.15, 0.2) is 0 Å². The van der Waals surface area contributed by atoms with Gasteiger partial charge in [0.25, 0.3) is 5.91 Å². The van der Waals surface area contributed by atoms with Crippen LogP contribution in [0.3, 0.4) is 0 Å². The molecule has 2 aromatic carbocycles. The van der Waals surface area contributed by atoms with Crippen molar-refractivity contribution in [3.8, 4) is 11.3 Å². The molecule has 0 unspecified atom stereocenters. The molecule has 0 saturated carbocycles. The molecule has 1 amide bonds. The van der Waals surface area contributed by atoms with E-state index in [1.165, 1.54) is 0 Å². The first-order valence-corrected chi connectivity index (χ1v) is 8.11. The van der Waals surface area contributed by atoms with Crippen LogP contribution >= 0.6 is 0 Å². The molecule has 0 saturated heterocycles. The zero-order chi connectivity index (χ0) is 16.9. The van der Waals surface area contributed by atoms with Crippen LogP contribution < -0.4 is 0 Å². The summed E-state index contributed by atoms with van der Waals surface area (Å²) in [5, 5.41) is 7.17. The fourth-order valence-corrected chi connectivity index (χ4v) is 2.61. The van der Waals surface area contributed by atoms with Gasteiger partial charge in [0, 0.05) is 18.2 Å². The molecule has 0 aliphatic carbocycles. The molecule has 1 N–H and O–H groups in total. The summed E-state index contributed by atoms with van der Waals surface area (Å²) >= 11 is 0. The third kappa shape index (κ3) is 3.54. The Labute approximate surface area is 142 Å². The molecular formula is C20H21N3O. The summed E-state index contributed by atoms with van der Waals surface area (Å²) in [5.41, 5.74) is 3.40. The topological polar surface area (TPSA) is 49.0 Å². The maximum absolute atomic E-state index is 12.9. The lowest BCUT2D eigenvalue weighted by Gasteiger charge is -2.26. The Hall–Kier alpha value is -2.88. The Morgan fingerprint density at radius 2 is 1.67 bits per heavy atom. The predicted molar refractivity (Wildman–Crippen MR) is 95.5 cm³/mol. The number of nitrogens with zero attached hydrogens (tertiary/aromatic N) is 2. The van der Waals surface area contributed by atoms with Crippen molar-refractivity contribution in [2.75, 3.05) is 0 Å². The second-order valence-electron chi connectivity index (χ2n) is 6.05. The third-order valence-corrected chi connectivity index (χ3v) is 3.96. The molecule has 3 rings (SSSR count). The lowest BCUT2D eigenvalue weighted by molar-refractivity contribution is 0.0684. The minimum absolute atomic E-state index is 0.0384. The summed E-state index contributed by atoms with van der Waals surface area (Å²) in [4.78, 5) is 14.7. The van der Waals surface area contributed by atoms with Crippen LogP contribution in [0.1, 0.15) is 29.9 Å². The van der Waals surface area contributed by atoms with Crippen molar-refractivity contribution >= 4 is 5.91 Å². The summed E-state index contributed by atoms with van der Waals surface area (Å²) in [6.45, 7) is 4.63. The number of carbonyl (C=O) groups is 1. The van der Waals surface area contributed by atoms with Crippen LogP contribution in [0.25, 0.3) is 11.3 Å². The van der Waals surface area contributed by atoms with Gasteiger partial charge in [-0.15, -0.1) is 0 Å². The fraction of sp³-hybridized carbons (Fsp3) is 0.200. The molecule has 0 radical (unpaired) electrons. The molecule has 0 spiro atoms. The Morgan fingerprint density at radius 3 is 2.29 bits per heavy atom. The Morgan fingerprint density at radius 1 is 1.04 bits per heavy atom. The molecule has 1 aromatic heterocycles. The number of H-pyrrole nitrogens is 1. The van der Waals surface area contributed by atoms with E-state index in [1.807, 2.05) is 85.5 Å². The highest BCUT2D eigenvalue weighted by molar-refractivity contribution is 5.93. The zero-order valence-corrected chi connectivity index (χ0v) is 13.9. The monoisotopic (exact) mass is 319 g/mol. The smallest absolute Gasteiger partial charge is 0.272 e. The van der Waals surface area contributed by atoms with Crippen LogP contribution in [0.4, 0.5) is 0 Å². The van der Waals surface area contributed by atoms with Gasteiger partial charge in [0.1, 0.15) is 5.69 Å². The average Bonchev–Trinajstić information content (AvgIpc) is 3.11. The van der Waals surface area contributed by atoms with Crippen LogP contribution in [0.15, 0.2) is 66.7 Å². The van der Waals surface area contributed by atoms with Crippen LogP contribution in [0.5, 0.6) is 0 Å². The van der Waals surface area contributed by atoms with E-state index in [9.17, 15) is 4.79 Å². The van der Waals surface area contributed by atoms with E-state index < -0.39 is 0 Å². The van der Waals surface area contributed by atoms with Gasteiger partial charge in [-0.25, -0.2) is 0 Å². The number of aromatic amines is 1. The van der Waals surface area contributed by atoms with Crippen molar-refractivity contribution in [1.29, 1.82) is 0 Å². The largest absolute Gasteiger partial charge is 0.331 e. The normalized spacial score (nSPS) is 10.8. The zero-order valence-electron chi connectivity index (χ0n) is 13.9. The van der Waals surface area contributed by atoms with E-state index in [0.29, 0.717) is 12.2 Å². The molecule has 0 atom stereocenters. The predicted octanol–water partition coefficient (Wildman–Crippen LogP) is 4.13. The molecule has 0 aliphatic rings. The second-order valence-corrected chi connectivity index (χ2v) is 6.05. The highest BCUT2D eigenvalue weighted by atomic mass is 16.2. The van der Waals surface area contributed by atoms with Gasteiger partial charge in [-0.3, -0.25) is 9.89 Å². The summed E-state index contributed by atoms with van der Waals surface area (Å²) in [7, 11) is 0. The number of benzene rings is 2. The number of hydrogen-bond donors (Lipinski definition) is 1. The van der Waals surface area contributed by atoms with Gasteiger partial charge in [-0.05, 0) is 25.5 Å². The van der Waals surface area contributed by atoms with Crippen molar-refractivity contribution in [3.05, 3.63) is 78.0 Å². The van der Waals surface area contributed by atoms with Crippen LogP contribution in [0.2, 0.25) is 0 Å². The van der Waals surface area contributed by atoms with Gasteiger partial charge in [0.05, 0.1) is 5.69 Å². The fourth-order valence-electron chi connectivity index (χ4n) is 2.61. The minimum Gasteiger partial charge on any atom is -0.331 e. The highest BCUT2D eigenvalue weighted by Crippen LogP contribution is 2.19. The summed E-state index contributed by atoms with van der Waals surface area (Å²) in [6, 6.07) is 21.8. The van der Waals surface area contributed by atoms with Crippen molar-refractivity contribution in [2.45, 2.75) is 26.4 Å². The van der Waals surface area contributed by atoms with Gasteiger partial charge >= 0.3 is 0 Å². The Bertz CT molecular complexity index is 794. The van der Waals surface area contributed by atoms with E-state index in [1.54, 1.807) is 0 Å². The van der Waals surface area contributed by atoms with Crippen LogP contribution in [0, 0.1) is 0 Å². The quantitative estimate of drug-likeness (QED) is 0.769. The number of hydrogen-bond acceptors (Lipinski definition) is 2. The maximum atomic E-state index is 12.9. The second kappa shape index (κ2) is 7.13. The van der Waals surface area contributed by atoms with Crippen molar-refractivity contribution < 1.29 is 4.79 Å². The molecule has 0 fully saturated rings. The third-order valence-electron chi connectivity index (χ3n) is 3.96. The van der Waals surface area contributed by atoms with Gasteiger partial charge in [-0.2, -0.15) is 5.10 Å². The lowest BCUT2D eigenvalue weighted by Crippen LogP contribution is -2.36. The minimum atomic E-state index is -0.0384. The summed E-state index contributed by atoms with van der Waals surface area (Å²) in [6.07, 6.45) is 0. The Balaban J connectivity index is 1.82. The van der Waals surface area contributed by atoms with E-state index in [4.69, 9.17) is 0 Å². The highest BCUT2D eigenvalue weighted by Gasteiger charge is 2.21. The molecule has 24 heavy (non-hydrogen) atoms. The lowest BCUT2D eigenvalue weighted by atomic mass is 10.1. The molecule has 3 aromatic rings. The Kier molecular flexibility index (Phi) is 4.75. The van der Waals surface area contributed by atoms with Crippen molar-refractivity contribution in [1.82, 2.24) is 15.1 Å². The van der Waals surface area contributed by atoms with Crippen LogP contribution in [-0.2, 0) is 6.54 Å². The number of amides is 1. The molecule has 1 heterocycles. The summed E-state index contributed by atoms with van der Waals surface area (Å²) in [5.74, 6) is -0.0384. The van der Waals surface area contributed by atoms with Gasteiger partial charge in [0.2, 0.25) is 0 Å². The number of rotatable bonds is 5.